The third-order valence-electron chi connectivity index (χ3n) is 8.66. The summed E-state index contributed by atoms with van der Waals surface area (Å²) in [5.41, 5.74) is 0. The first-order chi connectivity index (χ1) is 27.9. The molecular weight excluding hydrogens is 744 g/mol. The molecule has 0 aromatic carbocycles. The largest absolute Gasteiger partial charge is 0.379 e. The highest BCUT2D eigenvalue weighted by atomic mass is 35.5. The van der Waals surface area contributed by atoms with Gasteiger partial charge in [0.25, 0.3) is 0 Å². The van der Waals surface area contributed by atoms with Crippen LogP contribution in [0.4, 0.5) is 0 Å². The number of ether oxygens (including phenoxy) is 12. The first-order valence-corrected chi connectivity index (χ1v) is 22.9. The number of halogens is 1. The molecule has 0 aromatic heterocycles. The fourth-order valence-corrected chi connectivity index (χ4v) is 5.58. The molecule has 0 bridgehead atoms. The lowest BCUT2D eigenvalue weighted by Gasteiger charge is -2.09. The van der Waals surface area contributed by atoms with Gasteiger partial charge in [0.2, 0.25) is 0 Å². The molecule has 0 spiro atoms. The molecule has 0 saturated carbocycles. The fourth-order valence-electron chi connectivity index (χ4n) is 5.40. The first-order valence-electron chi connectivity index (χ1n) is 22.4. The lowest BCUT2D eigenvalue weighted by molar-refractivity contribution is -0.0284. The Balaban J connectivity index is 3.05. The molecule has 0 unspecified atom stereocenters. The predicted octanol–water partition coefficient (Wildman–Crippen LogP) is 8.08. The van der Waals surface area contributed by atoms with Gasteiger partial charge >= 0.3 is 0 Å². The third-order valence-corrected chi connectivity index (χ3v) is 8.92. The first kappa shape index (κ1) is 55.8. The van der Waals surface area contributed by atoms with Gasteiger partial charge in [-0.2, -0.15) is 0 Å². The minimum absolute atomic E-state index is 0.519. The Morgan fingerprint density at radius 2 is 0.357 bits per heavy atom. The van der Waals surface area contributed by atoms with Crippen molar-refractivity contribution in [3.63, 3.8) is 0 Å². The molecule has 0 aromatic rings. The van der Waals surface area contributed by atoms with E-state index in [4.69, 9.17) is 68.4 Å². The molecule has 0 saturated heterocycles. The van der Waals surface area contributed by atoms with Gasteiger partial charge in [0, 0.05) is 19.1 Å². The fraction of sp³-hybridized carbons (Fsp3) is 1.00. The van der Waals surface area contributed by atoms with Gasteiger partial charge < -0.3 is 56.8 Å². The van der Waals surface area contributed by atoms with Crippen LogP contribution in [-0.2, 0) is 56.8 Å². The zero-order chi connectivity index (χ0) is 40.2. The average Bonchev–Trinajstić information content (AvgIpc) is 3.21. The van der Waals surface area contributed by atoms with Crippen molar-refractivity contribution in [1.82, 2.24) is 0 Å². The zero-order valence-corrected chi connectivity index (χ0v) is 36.7. The average molecular weight is 832 g/mol. The van der Waals surface area contributed by atoms with E-state index in [0.717, 1.165) is 38.4 Å². The Hall–Kier alpha value is -0.190. The van der Waals surface area contributed by atoms with Crippen LogP contribution in [0.15, 0.2) is 0 Å². The highest BCUT2D eigenvalue weighted by Crippen LogP contribution is 2.12. The molecule has 0 aliphatic rings. The molecule has 0 rings (SSSR count). The topological polar surface area (TPSA) is 111 Å². The van der Waals surface area contributed by atoms with Gasteiger partial charge in [0.15, 0.2) is 0 Å². The number of unbranched alkanes of at least 4 members (excludes halogenated alkanes) is 15. The van der Waals surface area contributed by atoms with Gasteiger partial charge in [-0.05, 0) is 19.3 Å². The molecule has 0 heterocycles. The summed E-state index contributed by atoms with van der Waals surface area (Å²) in [6.07, 6.45) is 22.3. The van der Waals surface area contributed by atoms with E-state index in [-0.39, 0.29) is 0 Å². The molecule has 0 N–H and O–H groups in total. The standard InChI is InChI=1S/C43H87ClO12/c1-2-3-4-5-6-7-8-9-10-11-12-14-17-20-45-22-24-47-26-28-49-30-32-51-34-36-53-38-40-55-42-43-56-41-39-54-37-35-52-33-31-50-29-27-48-25-23-46-21-18-15-13-16-19-44/h2-43H2,1H3. The van der Waals surface area contributed by atoms with E-state index < -0.39 is 0 Å². The van der Waals surface area contributed by atoms with Crippen molar-refractivity contribution >= 4 is 11.6 Å². The van der Waals surface area contributed by atoms with E-state index >= 15 is 0 Å². The Morgan fingerprint density at radius 3 is 0.554 bits per heavy atom. The van der Waals surface area contributed by atoms with Crippen molar-refractivity contribution in [3.8, 4) is 0 Å². The monoisotopic (exact) mass is 831 g/mol. The number of hydrogen-bond acceptors (Lipinski definition) is 12. The minimum Gasteiger partial charge on any atom is -0.379 e. The maximum Gasteiger partial charge on any atom is 0.0701 e. The zero-order valence-electron chi connectivity index (χ0n) is 36.0. The van der Waals surface area contributed by atoms with Gasteiger partial charge in [-0.1, -0.05) is 96.8 Å². The highest BCUT2D eigenvalue weighted by molar-refractivity contribution is 6.17. The lowest BCUT2D eigenvalue weighted by atomic mass is 10.0. The van der Waals surface area contributed by atoms with E-state index in [0.29, 0.717) is 145 Å². The Kier molecular flexibility index (Phi) is 54.6. The molecule has 338 valence electrons. The van der Waals surface area contributed by atoms with Crippen molar-refractivity contribution in [2.75, 3.05) is 164 Å². The van der Waals surface area contributed by atoms with Crippen LogP contribution in [0.5, 0.6) is 0 Å². The quantitative estimate of drug-likeness (QED) is 0.0437. The van der Waals surface area contributed by atoms with E-state index in [1.54, 1.807) is 0 Å². The summed E-state index contributed by atoms with van der Waals surface area (Å²) in [5, 5.41) is 0. The summed E-state index contributed by atoms with van der Waals surface area (Å²) in [4.78, 5) is 0. The summed E-state index contributed by atoms with van der Waals surface area (Å²) in [6, 6.07) is 0. The van der Waals surface area contributed by atoms with Gasteiger partial charge in [0.05, 0.1) is 145 Å². The maximum absolute atomic E-state index is 5.68. The maximum atomic E-state index is 5.68. The second kappa shape index (κ2) is 54.8. The van der Waals surface area contributed by atoms with Crippen LogP contribution in [0, 0.1) is 0 Å². The Morgan fingerprint density at radius 1 is 0.196 bits per heavy atom. The van der Waals surface area contributed by atoms with Crippen LogP contribution in [0.1, 0.15) is 116 Å². The van der Waals surface area contributed by atoms with Gasteiger partial charge in [0.1, 0.15) is 0 Å². The van der Waals surface area contributed by atoms with Crippen LogP contribution in [0.25, 0.3) is 0 Å². The van der Waals surface area contributed by atoms with Crippen LogP contribution >= 0.6 is 11.6 Å². The van der Waals surface area contributed by atoms with Gasteiger partial charge in [-0.3, -0.25) is 0 Å². The molecule has 0 radical (unpaired) electrons. The molecule has 0 fully saturated rings. The molecule has 0 atom stereocenters. The molecule has 0 amide bonds. The van der Waals surface area contributed by atoms with Gasteiger partial charge in [-0.25, -0.2) is 0 Å². The van der Waals surface area contributed by atoms with Crippen molar-refractivity contribution in [1.29, 1.82) is 0 Å². The van der Waals surface area contributed by atoms with E-state index in [9.17, 15) is 0 Å². The number of alkyl halides is 1. The third kappa shape index (κ3) is 53.8. The lowest BCUT2D eigenvalue weighted by Crippen LogP contribution is -2.15. The van der Waals surface area contributed by atoms with Crippen molar-refractivity contribution in [2.24, 2.45) is 0 Å². The molecule has 13 heteroatoms. The molecular formula is C43H87ClO12. The summed E-state index contributed by atoms with van der Waals surface area (Å²) < 4.78 is 66.4. The summed E-state index contributed by atoms with van der Waals surface area (Å²) >= 11 is 5.66. The molecule has 0 aliphatic carbocycles. The van der Waals surface area contributed by atoms with Crippen LogP contribution in [0.2, 0.25) is 0 Å². The summed E-state index contributed by atoms with van der Waals surface area (Å²) in [7, 11) is 0. The number of hydrogen-bond donors (Lipinski definition) is 0. The van der Waals surface area contributed by atoms with Crippen LogP contribution in [-0.4, -0.2) is 164 Å². The second-order valence-electron chi connectivity index (χ2n) is 13.7. The SMILES string of the molecule is CCCCCCCCCCCCCCCOCCOCCOCCOCCOCCOCCOCCOCCOCCOCCOCCOCCCCCCCl. The van der Waals surface area contributed by atoms with Crippen molar-refractivity contribution < 1.29 is 56.8 Å². The molecule has 12 nitrogen and oxygen atoms in total. The van der Waals surface area contributed by atoms with E-state index in [1.165, 1.54) is 89.9 Å². The smallest absolute Gasteiger partial charge is 0.0701 e. The van der Waals surface area contributed by atoms with E-state index in [2.05, 4.69) is 6.92 Å². The van der Waals surface area contributed by atoms with Gasteiger partial charge in [-0.15, -0.1) is 11.6 Å². The Labute approximate surface area is 348 Å². The van der Waals surface area contributed by atoms with Crippen molar-refractivity contribution in [2.45, 2.75) is 116 Å². The molecule has 0 aliphatic heterocycles. The normalized spacial score (nSPS) is 11.7. The summed E-state index contributed by atoms with van der Waals surface area (Å²) in [6.45, 7) is 16.0. The summed E-state index contributed by atoms with van der Waals surface area (Å²) in [5.74, 6) is 0.745. The number of rotatable bonds is 53. The Bertz CT molecular complexity index is 616. The minimum atomic E-state index is 0.519. The second-order valence-corrected chi connectivity index (χ2v) is 14.1. The van der Waals surface area contributed by atoms with Crippen LogP contribution < -0.4 is 0 Å². The van der Waals surface area contributed by atoms with Crippen LogP contribution in [0.3, 0.4) is 0 Å². The van der Waals surface area contributed by atoms with E-state index in [1.807, 2.05) is 0 Å². The molecule has 56 heavy (non-hydrogen) atoms. The predicted molar refractivity (Wildman–Crippen MR) is 225 cm³/mol. The highest BCUT2D eigenvalue weighted by Gasteiger charge is 1.98. The van der Waals surface area contributed by atoms with Crippen molar-refractivity contribution in [3.05, 3.63) is 0 Å².